The molecule has 8 nitrogen and oxygen atoms in total. The van der Waals surface area contributed by atoms with E-state index in [-0.39, 0.29) is 18.1 Å². The van der Waals surface area contributed by atoms with E-state index in [1.807, 2.05) is 0 Å². The van der Waals surface area contributed by atoms with Crippen molar-refractivity contribution in [3.8, 4) is 0 Å². The fourth-order valence-corrected chi connectivity index (χ4v) is 1.43. The van der Waals surface area contributed by atoms with Crippen LogP contribution in [-0.2, 0) is 6.54 Å². The predicted molar refractivity (Wildman–Crippen MR) is 59.1 cm³/mol. The lowest BCUT2D eigenvalue weighted by atomic mass is 10.2. The number of halogens is 1. The van der Waals surface area contributed by atoms with Crippen LogP contribution in [0.25, 0.3) is 0 Å². The Morgan fingerprint density at radius 3 is 2.89 bits per heavy atom. The van der Waals surface area contributed by atoms with Crippen LogP contribution in [0.3, 0.4) is 0 Å². The Labute approximate surface area is 105 Å². The molecule has 2 aromatic heterocycles. The van der Waals surface area contributed by atoms with Gasteiger partial charge in [0, 0.05) is 0 Å². The highest BCUT2D eigenvalue weighted by molar-refractivity contribution is 5.87. The second kappa shape index (κ2) is 4.80. The van der Waals surface area contributed by atoms with Crippen LogP contribution in [-0.4, -0.2) is 30.8 Å². The zero-order valence-corrected chi connectivity index (χ0v) is 9.36. The van der Waals surface area contributed by atoms with Crippen molar-refractivity contribution < 1.29 is 19.2 Å². The van der Waals surface area contributed by atoms with Crippen molar-refractivity contribution in [3.63, 3.8) is 0 Å². The van der Waals surface area contributed by atoms with Crippen LogP contribution in [0.15, 0.2) is 24.5 Å². The zero-order valence-electron chi connectivity index (χ0n) is 9.36. The summed E-state index contributed by atoms with van der Waals surface area (Å²) in [4.78, 5) is 24.2. The molecule has 0 aromatic carbocycles. The van der Waals surface area contributed by atoms with E-state index < -0.39 is 22.3 Å². The molecular formula is C10H7FN4O4. The van der Waals surface area contributed by atoms with Gasteiger partial charge in [-0.2, -0.15) is 4.68 Å². The molecule has 1 N–H and O–H groups in total. The molecule has 0 fully saturated rings. The molecule has 2 heterocycles. The fraction of sp³-hybridized carbons (Fsp3) is 0.100. The van der Waals surface area contributed by atoms with E-state index in [9.17, 15) is 19.3 Å². The molecular weight excluding hydrogens is 259 g/mol. The molecule has 0 amide bonds. The highest BCUT2D eigenvalue weighted by atomic mass is 19.1. The molecule has 0 unspecified atom stereocenters. The highest BCUT2D eigenvalue weighted by Crippen LogP contribution is 2.11. The van der Waals surface area contributed by atoms with E-state index in [2.05, 4.69) is 10.1 Å². The summed E-state index contributed by atoms with van der Waals surface area (Å²) in [5.74, 6) is -2.68. The van der Waals surface area contributed by atoms with Crippen molar-refractivity contribution in [1.29, 1.82) is 0 Å². The Balaban J connectivity index is 2.25. The van der Waals surface area contributed by atoms with Crippen LogP contribution in [0.4, 0.5) is 10.2 Å². The average Bonchev–Trinajstić information content (AvgIpc) is 2.80. The number of carboxylic acid groups (broad SMARTS) is 1. The first-order valence-electron chi connectivity index (χ1n) is 5.03. The van der Waals surface area contributed by atoms with Gasteiger partial charge in [0.2, 0.25) is 0 Å². The Morgan fingerprint density at radius 1 is 1.58 bits per heavy atom. The van der Waals surface area contributed by atoms with E-state index in [4.69, 9.17) is 5.11 Å². The van der Waals surface area contributed by atoms with E-state index in [1.54, 1.807) is 0 Å². The van der Waals surface area contributed by atoms with Crippen LogP contribution >= 0.6 is 0 Å². The number of aromatic nitrogens is 3. The van der Waals surface area contributed by atoms with Crippen LogP contribution in [0, 0.1) is 15.9 Å². The maximum atomic E-state index is 13.1. The lowest BCUT2D eigenvalue weighted by molar-refractivity contribution is -0.389. The smallest absolute Gasteiger partial charge is 0.389 e. The SMILES string of the molecule is O=C(O)c1cc(Cn2ccc([N+](=O)[O-])n2)ncc1F. The Kier molecular flexibility index (Phi) is 3.19. The van der Waals surface area contributed by atoms with Gasteiger partial charge in [0.1, 0.15) is 6.54 Å². The third kappa shape index (κ3) is 2.70. The standard InChI is InChI=1S/C10H7FN4O4/c11-8-4-12-6(3-7(8)10(16)17)5-14-2-1-9(13-14)15(18)19/h1-4H,5H2,(H,16,17). The highest BCUT2D eigenvalue weighted by Gasteiger charge is 2.15. The molecule has 2 aromatic rings. The van der Waals surface area contributed by atoms with Gasteiger partial charge in [-0.1, -0.05) is 0 Å². The van der Waals surface area contributed by atoms with Crippen LogP contribution in [0.2, 0.25) is 0 Å². The summed E-state index contributed by atoms with van der Waals surface area (Å²) in [7, 11) is 0. The van der Waals surface area contributed by atoms with Gasteiger partial charge in [-0.15, -0.1) is 0 Å². The summed E-state index contributed by atoms with van der Waals surface area (Å²) in [5.41, 5.74) is -0.275. The summed E-state index contributed by atoms with van der Waals surface area (Å²) in [6, 6.07) is 2.26. The zero-order chi connectivity index (χ0) is 14.0. The first-order valence-corrected chi connectivity index (χ1v) is 5.03. The quantitative estimate of drug-likeness (QED) is 0.654. The number of hydrogen-bond donors (Lipinski definition) is 1. The van der Waals surface area contributed by atoms with E-state index >= 15 is 0 Å². The van der Waals surface area contributed by atoms with Gasteiger partial charge in [0.15, 0.2) is 5.82 Å². The third-order valence-electron chi connectivity index (χ3n) is 2.28. The minimum atomic E-state index is -1.41. The number of nitrogens with zero attached hydrogens (tertiary/aromatic N) is 4. The molecule has 0 aliphatic heterocycles. The second-order valence-electron chi connectivity index (χ2n) is 3.59. The van der Waals surface area contributed by atoms with Crippen molar-refractivity contribution in [1.82, 2.24) is 14.8 Å². The normalized spacial score (nSPS) is 10.4. The Morgan fingerprint density at radius 2 is 2.32 bits per heavy atom. The minimum absolute atomic E-state index is 0.00833. The van der Waals surface area contributed by atoms with Crippen LogP contribution in [0.1, 0.15) is 16.1 Å². The molecule has 0 atom stereocenters. The topological polar surface area (TPSA) is 111 Å². The fourth-order valence-electron chi connectivity index (χ4n) is 1.43. The maximum absolute atomic E-state index is 13.1. The second-order valence-corrected chi connectivity index (χ2v) is 3.59. The first kappa shape index (κ1) is 12.6. The number of pyridine rings is 1. The van der Waals surface area contributed by atoms with Crippen LogP contribution in [0.5, 0.6) is 0 Å². The summed E-state index contributed by atoms with van der Waals surface area (Å²) < 4.78 is 14.3. The van der Waals surface area contributed by atoms with Crippen molar-refractivity contribution in [2.24, 2.45) is 0 Å². The number of nitro groups is 1. The Bertz CT molecular complexity index is 655. The van der Waals surface area contributed by atoms with Gasteiger partial charge in [-0.3, -0.25) is 4.98 Å². The molecule has 0 spiro atoms. The molecule has 2 rings (SSSR count). The largest absolute Gasteiger partial charge is 0.478 e. The van der Waals surface area contributed by atoms with E-state index in [0.717, 1.165) is 12.3 Å². The first-order chi connectivity index (χ1) is 8.97. The summed E-state index contributed by atoms with van der Waals surface area (Å²) >= 11 is 0. The number of hydrogen-bond acceptors (Lipinski definition) is 5. The summed E-state index contributed by atoms with van der Waals surface area (Å²) in [6.45, 7) is 0.00833. The van der Waals surface area contributed by atoms with Gasteiger partial charge in [0.05, 0.1) is 34.8 Å². The molecule has 98 valence electrons. The maximum Gasteiger partial charge on any atom is 0.389 e. The van der Waals surface area contributed by atoms with Gasteiger partial charge in [-0.05, 0) is 11.0 Å². The summed E-state index contributed by atoms with van der Waals surface area (Å²) in [5, 5.41) is 22.8. The minimum Gasteiger partial charge on any atom is -0.478 e. The lowest BCUT2D eigenvalue weighted by Crippen LogP contribution is -2.07. The monoisotopic (exact) mass is 266 g/mol. The third-order valence-corrected chi connectivity index (χ3v) is 2.28. The average molecular weight is 266 g/mol. The predicted octanol–water partition coefficient (Wildman–Crippen LogP) is 1.07. The lowest BCUT2D eigenvalue weighted by Gasteiger charge is -2.01. The molecule has 0 aliphatic rings. The van der Waals surface area contributed by atoms with Crippen LogP contribution < -0.4 is 0 Å². The van der Waals surface area contributed by atoms with Crippen molar-refractivity contribution in [2.45, 2.75) is 6.54 Å². The number of carboxylic acids is 1. The number of rotatable bonds is 4. The molecule has 0 bridgehead atoms. The number of carbonyl (C=O) groups is 1. The van der Waals surface area contributed by atoms with Gasteiger partial charge < -0.3 is 15.2 Å². The van der Waals surface area contributed by atoms with Crippen molar-refractivity contribution in [2.75, 3.05) is 0 Å². The van der Waals surface area contributed by atoms with Gasteiger partial charge in [0.25, 0.3) is 0 Å². The van der Waals surface area contributed by atoms with Gasteiger partial charge >= 0.3 is 11.8 Å². The Hall–Kier alpha value is -2.84. The molecule has 0 aliphatic carbocycles. The van der Waals surface area contributed by atoms with E-state index in [0.29, 0.717) is 0 Å². The molecule has 9 heteroatoms. The van der Waals surface area contributed by atoms with Gasteiger partial charge in [-0.25, -0.2) is 9.18 Å². The molecule has 0 saturated heterocycles. The van der Waals surface area contributed by atoms with E-state index in [1.165, 1.54) is 16.9 Å². The van der Waals surface area contributed by atoms with Crippen molar-refractivity contribution in [3.05, 3.63) is 51.7 Å². The molecule has 0 saturated carbocycles. The molecule has 0 radical (unpaired) electrons. The summed E-state index contributed by atoms with van der Waals surface area (Å²) in [6.07, 6.45) is 2.14. The van der Waals surface area contributed by atoms with Crippen molar-refractivity contribution >= 4 is 11.8 Å². The number of aromatic carboxylic acids is 1. The molecule has 19 heavy (non-hydrogen) atoms.